The molecular formula is C11H13N3S. The predicted molar refractivity (Wildman–Crippen MR) is 63.2 cm³/mol. The normalized spacial score (nSPS) is 12.0. The number of hydrogen-bond acceptors (Lipinski definition) is 3. The Morgan fingerprint density at radius 2 is 1.93 bits per heavy atom. The van der Waals surface area contributed by atoms with Gasteiger partial charge in [-0.05, 0) is 12.5 Å². The maximum atomic E-state index is 5.33. The van der Waals surface area contributed by atoms with Gasteiger partial charge in [-0.2, -0.15) is 5.10 Å². The summed E-state index contributed by atoms with van der Waals surface area (Å²) >= 11 is 1.61. The third-order valence-corrected chi connectivity index (χ3v) is 3.42. The molecule has 2 N–H and O–H groups in total. The van der Waals surface area contributed by atoms with Gasteiger partial charge in [0.25, 0.3) is 0 Å². The second kappa shape index (κ2) is 3.90. The molecule has 0 aliphatic carbocycles. The van der Waals surface area contributed by atoms with Crippen LogP contribution in [0.4, 0.5) is 0 Å². The van der Waals surface area contributed by atoms with Gasteiger partial charge < -0.3 is 10.4 Å². The zero-order valence-electron chi connectivity index (χ0n) is 8.77. The van der Waals surface area contributed by atoms with Crippen LogP contribution < -0.4 is 10.6 Å². The molecule has 4 heteroatoms. The summed E-state index contributed by atoms with van der Waals surface area (Å²) in [4.78, 5) is 2.07. The number of hydrogen-bond donors (Lipinski definition) is 1. The molecule has 78 valence electrons. The van der Waals surface area contributed by atoms with Gasteiger partial charge in [0.1, 0.15) is 0 Å². The van der Waals surface area contributed by atoms with E-state index in [2.05, 4.69) is 24.2 Å². The van der Waals surface area contributed by atoms with Crippen molar-refractivity contribution in [2.75, 3.05) is 0 Å². The molecule has 0 aliphatic heterocycles. The quantitative estimate of drug-likeness (QED) is 0.577. The molecule has 0 fully saturated rings. The maximum absolute atomic E-state index is 5.33. The Kier molecular flexibility index (Phi) is 2.60. The van der Waals surface area contributed by atoms with E-state index in [1.807, 2.05) is 29.8 Å². The van der Waals surface area contributed by atoms with Crippen LogP contribution >= 0.6 is 11.3 Å². The lowest BCUT2D eigenvalue weighted by Crippen LogP contribution is -2.13. The Morgan fingerprint density at radius 1 is 1.27 bits per heavy atom. The van der Waals surface area contributed by atoms with Crippen molar-refractivity contribution in [3.8, 4) is 11.3 Å². The summed E-state index contributed by atoms with van der Waals surface area (Å²) < 4.78 is 2.02. The van der Waals surface area contributed by atoms with E-state index in [0.717, 1.165) is 4.80 Å². The number of aryl methyl sites for hydroxylation is 1. The average molecular weight is 219 g/mol. The van der Waals surface area contributed by atoms with Crippen molar-refractivity contribution >= 4 is 11.3 Å². The second-order valence-corrected chi connectivity index (χ2v) is 4.53. The molecule has 0 unspecified atom stereocenters. The van der Waals surface area contributed by atoms with Gasteiger partial charge in [-0.15, -0.1) is 0 Å². The SMILES string of the molecule is Cc1s/c(=N/N)n(C)c1-c1ccccc1. The molecule has 1 aromatic heterocycles. The van der Waals surface area contributed by atoms with Gasteiger partial charge in [-0.3, -0.25) is 0 Å². The Morgan fingerprint density at radius 3 is 2.47 bits per heavy atom. The van der Waals surface area contributed by atoms with Crippen molar-refractivity contribution in [1.82, 2.24) is 4.57 Å². The topological polar surface area (TPSA) is 43.3 Å². The molecule has 1 heterocycles. The zero-order valence-corrected chi connectivity index (χ0v) is 9.58. The van der Waals surface area contributed by atoms with E-state index in [1.165, 1.54) is 16.1 Å². The summed E-state index contributed by atoms with van der Waals surface area (Å²) in [6, 6.07) is 10.3. The molecule has 0 spiro atoms. The summed E-state index contributed by atoms with van der Waals surface area (Å²) in [7, 11) is 1.98. The van der Waals surface area contributed by atoms with Crippen LogP contribution in [0, 0.1) is 6.92 Å². The molecule has 0 radical (unpaired) electrons. The summed E-state index contributed by atoms with van der Waals surface area (Å²) in [5.74, 6) is 5.33. The fourth-order valence-electron chi connectivity index (χ4n) is 1.69. The molecule has 0 saturated heterocycles. The number of thiazole rings is 1. The number of benzene rings is 1. The van der Waals surface area contributed by atoms with Gasteiger partial charge in [0.05, 0.1) is 5.69 Å². The summed E-state index contributed by atoms with van der Waals surface area (Å²) in [5.41, 5.74) is 2.38. The second-order valence-electron chi connectivity index (χ2n) is 3.34. The van der Waals surface area contributed by atoms with Gasteiger partial charge in [0.2, 0.25) is 4.80 Å². The third kappa shape index (κ3) is 1.68. The van der Waals surface area contributed by atoms with E-state index < -0.39 is 0 Å². The van der Waals surface area contributed by atoms with Gasteiger partial charge in [-0.1, -0.05) is 41.7 Å². The predicted octanol–water partition coefficient (Wildman–Crippen LogP) is 1.84. The van der Waals surface area contributed by atoms with Crippen molar-refractivity contribution in [2.24, 2.45) is 18.0 Å². The van der Waals surface area contributed by atoms with Gasteiger partial charge in [0, 0.05) is 11.9 Å². The van der Waals surface area contributed by atoms with E-state index >= 15 is 0 Å². The molecule has 2 aromatic rings. The molecular weight excluding hydrogens is 206 g/mol. The highest BCUT2D eigenvalue weighted by Crippen LogP contribution is 2.23. The smallest absolute Gasteiger partial charge is 0.207 e. The van der Waals surface area contributed by atoms with E-state index in [-0.39, 0.29) is 0 Å². The van der Waals surface area contributed by atoms with E-state index in [4.69, 9.17) is 5.84 Å². The van der Waals surface area contributed by atoms with Gasteiger partial charge >= 0.3 is 0 Å². The minimum absolute atomic E-state index is 0.839. The van der Waals surface area contributed by atoms with Crippen molar-refractivity contribution < 1.29 is 0 Å². The lowest BCUT2D eigenvalue weighted by molar-refractivity contribution is 0.860. The van der Waals surface area contributed by atoms with Crippen molar-refractivity contribution in [3.05, 3.63) is 40.0 Å². The van der Waals surface area contributed by atoms with Crippen LogP contribution in [0.1, 0.15) is 4.88 Å². The molecule has 15 heavy (non-hydrogen) atoms. The molecule has 0 aliphatic rings. The first kappa shape index (κ1) is 9.98. The first-order valence-electron chi connectivity index (χ1n) is 4.70. The van der Waals surface area contributed by atoms with Crippen molar-refractivity contribution in [3.63, 3.8) is 0 Å². The molecule has 0 atom stereocenters. The standard InChI is InChI=1S/C11H13N3S/c1-8-10(9-6-4-3-5-7-9)14(2)11(13-12)15-8/h3-7H,12H2,1-2H3/b13-11+. The van der Waals surface area contributed by atoms with Crippen LogP contribution in [0.25, 0.3) is 11.3 Å². The summed E-state index contributed by atoms with van der Waals surface area (Å²) in [5, 5.41) is 3.76. The number of nitrogens with zero attached hydrogens (tertiary/aromatic N) is 2. The first-order valence-corrected chi connectivity index (χ1v) is 5.51. The van der Waals surface area contributed by atoms with Crippen LogP contribution in [-0.2, 0) is 7.05 Å². The molecule has 3 nitrogen and oxygen atoms in total. The van der Waals surface area contributed by atoms with E-state index in [0.29, 0.717) is 0 Å². The Labute approximate surface area is 92.5 Å². The molecule has 0 saturated carbocycles. The molecule has 2 rings (SSSR count). The summed E-state index contributed by atoms with van der Waals surface area (Å²) in [6.45, 7) is 2.08. The highest BCUT2D eigenvalue weighted by Gasteiger charge is 2.08. The molecule has 0 bridgehead atoms. The minimum Gasteiger partial charge on any atom is -0.320 e. The fourth-order valence-corrected chi connectivity index (χ4v) is 2.60. The van der Waals surface area contributed by atoms with Crippen molar-refractivity contribution in [2.45, 2.75) is 6.92 Å². The van der Waals surface area contributed by atoms with Crippen LogP contribution in [0.5, 0.6) is 0 Å². The van der Waals surface area contributed by atoms with E-state index in [1.54, 1.807) is 11.3 Å². The zero-order chi connectivity index (χ0) is 10.8. The summed E-state index contributed by atoms with van der Waals surface area (Å²) in [6.07, 6.45) is 0. The monoisotopic (exact) mass is 219 g/mol. The van der Waals surface area contributed by atoms with Crippen LogP contribution in [-0.4, -0.2) is 4.57 Å². The number of nitrogens with two attached hydrogens (primary N) is 1. The first-order chi connectivity index (χ1) is 7.24. The third-order valence-electron chi connectivity index (χ3n) is 2.36. The Hall–Kier alpha value is -1.55. The van der Waals surface area contributed by atoms with Gasteiger partial charge in [0.15, 0.2) is 0 Å². The highest BCUT2D eigenvalue weighted by atomic mass is 32.1. The lowest BCUT2D eigenvalue weighted by atomic mass is 10.1. The van der Waals surface area contributed by atoms with E-state index in [9.17, 15) is 0 Å². The fraction of sp³-hybridized carbons (Fsp3) is 0.182. The van der Waals surface area contributed by atoms with Crippen LogP contribution in [0.2, 0.25) is 0 Å². The highest BCUT2D eigenvalue weighted by molar-refractivity contribution is 7.09. The van der Waals surface area contributed by atoms with Crippen LogP contribution in [0.15, 0.2) is 35.4 Å². The van der Waals surface area contributed by atoms with Crippen molar-refractivity contribution in [1.29, 1.82) is 0 Å². The molecule has 1 aromatic carbocycles. The minimum atomic E-state index is 0.839. The largest absolute Gasteiger partial charge is 0.320 e. The van der Waals surface area contributed by atoms with Crippen LogP contribution in [0.3, 0.4) is 0 Å². The average Bonchev–Trinajstić information content (AvgIpc) is 2.55. The Bertz CT molecular complexity index is 523. The lowest BCUT2D eigenvalue weighted by Gasteiger charge is -2.03. The Balaban J connectivity index is 2.69. The number of rotatable bonds is 1. The van der Waals surface area contributed by atoms with Gasteiger partial charge in [-0.25, -0.2) is 0 Å². The number of aromatic nitrogens is 1. The maximum Gasteiger partial charge on any atom is 0.207 e. The molecule has 0 amide bonds.